The Morgan fingerprint density at radius 2 is 2.10 bits per heavy atom. The van der Waals surface area contributed by atoms with Gasteiger partial charge in [0.15, 0.2) is 0 Å². The van der Waals surface area contributed by atoms with Crippen molar-refractivity contribution in [2.24, 2.45) is 0 Å². The van der Waals surface area contributed by atoms with Crippen molar-refractivity contribution in [2.45, 2.75) is 0 Å². The van der Waals surface area contributed by atoms with Crippen molar-refractivity contribution in [3.05, 3.63) is 48.3 Å². The highest BCUT2D eigenvalue weighted by Crippen LogP contribution is 2.18. The van der Waals surface area contributed by atoms with E-state index < -0.39 is 0 Å². The molecule has 1 aromatic heterocycles. The van der Waals surface area contributed by atoms with Gasteiger partial charge in [0.05, 0.1) is 19.0 Å². The van der Waals surface area contributed by atoms with Crippen LogP contribution in [0.5, 0.6) is 11.5 Å². The summed E-state index contributed by atoms with van der Waals surface area (Å²) in [6, 6.07) is 12.9. The molecule has 0 amide bonds. The molecular weight excluding hydrogens is 254 g/mol. The first-order chi connectivity index (χ1) is 9.81. The van der Waals surface area contributed by atoms with E-state index in [4.69, 9.17) is 14.7 Å². The molecule has 0 saturated heterocycles. The molecule has 0 radical (unpaired) electrons. The highest BCUT2D eigenvalue weighted by Gasteiger charge is 1.97. The van der Waals surface area contributed by atoms with Gasteiger partial charge in [-0.05, 0) is 24.3 Å². The van der Waals surface area contributed by atoms with Crippen molar-refractivity contribution in [3.63, 3.8) is 0 Å². The largest absolute Gasteiger partial charge is 0.497 e. The number of hydrogen-bond acceptors (Lipinski definition) is 5. The van der Waals surface area contributed by atoms with Crippen LogP contribution in [0, 0.1) is 11.3 Å². The Labute approximate surface area is 117 Å². The second-order valence-corrected chi connectivity index (χ2v) is 4.00. The summed E-state index contributed by atoms with van der Waals surface area (Å²) in [5.41, 5.74) is 1.27. The van der Waals surface area contributed by atoms with Crippen LogP contribution in [0.2, 0.25) is 0 Å². The highest BCUT2D eigenvalue weighted by atomic mass is 16.5. The standard InChI is InChI=1S/C15H15N3O2/c1-19-14-3-2-4-15(9-14)20-8-7-17-13-6-5-12(10-16)18-11-13/h2-6,9,11,17H,7-8H2,1H3. The summed E-state index contributed by atoms with van der Waals surface area (Å²) >= 11 is 0. The minimum Gasteiger partial charge on any atom is -0.497 e. The molecule has 0 bridgehead atoms. The van der Waals surface area contributed by atoms with Gasteiger partial charge in [-0.2, -0.15) is 5.26 Å². The quantitative estimate of drug-likeness (QED) is 0.816. The lowest BCUT2D eigenvalue weighted by atomic mass is 10.3. The van der Waals surface area contributed by atoms with Gasteiger partial charge in [-0.25, -0.2) is 4.98 Å². The van der Waals surface area contributed by atoms with Crippen molar-refractivity contribution >= 4 is 5.69 Å². The Morgan fingerprint density at radius 3 is 2.80 bits per heavy atom. The molecule has 0 aliphatic carbocycles. The molecule has 5 nitrogen and oxygen atoms in total. The molecule has 0 aliphatic rings. The van der Waals surface area contributed by atoms with Gasteiger partial charge in [-0.1, -0.05) is 6.07 Å². The third kappa shape index (κ3) is 3.89. The lowest BCUT2D eigenvalue weighted by molar-refractivity contribution is 0.329. The fraction of sp³-hybridized carbons (Fsp3) is 0.200. The van der Waals surface area contributed by atoms with Gasteiger partial charge in [-0.3, -0.25) is 0 Å². The van der Waals surface area contributed by atoms with E-state index in [1.165, 1.54) is 0 Å². The molecule has 0 spiro atoms. The predicted molar refractivity (Wildman–Crippen MR) is 75.9 cm³/mol. The average Bonchev–Trinajstić information content (AvgIpc) is 2.52. The smallest absolute Gasteiger partial charge is 0.140 e. The van der Waals surface area contributed by atoms with Gasteiger partial charge in [0, 0.05) is 12.6 Å². The molecule has 0 atom stereocenters. The molecule has 0 aliphatic heterocycles. The molecule has 1 heterocycles. The van der Waals surface area contributed by atoms with E-state index in [1.54, 1.807) is 19.4 Å². The summed E-state index contributed by atoms with van der Waals surface area (Å²) in [7, 11) is 1.62. The van der Waals surface area contributed by atoms with Crippen LogP contribution in [0.25, 0.3) is 0 Å². The fourth-order valence-electron chi connectivity index (χ4n) is 1.62. The van der Waals surface area contributed by atoms with E-state index >= 15 is 0 Å². The van der Waals surface area contributed by atoms with Crippen molar-refractivity contribution < 1.29 is 9.47 Å². The van der Waals surface area contributed by atoms with E-state index in [9.17, 15) is 0 Å². The molecule has 102 valence electrons. The Morgan fingerprint density at radius 1 is 1.25 bits per heavy atom. The third-order valence-corrected chi connectivity index (χ3v) is 2.62. The lowest BCUT2D eigenvalue weighted by Gasteiger charge is -2.09. The zero-order valence-electron chi connectivity index (χ0n) is 11.2. The Balaban J connectivity index is 1.77. The van der Waals surface area contributed by atoms with Gasteiger partial charge < -0.3 is 14.8 Å². The summed E-state index contributed by atoms with van der Waals surface area (Å²) in [4.78, 5) is 3.98. The Bertz CT molecular complexity index is 591. The van der Waals surface area contributed by atoms with E-state index in [-0.39, 0.29) is 0 Å². The highest BCUT2D eigenvalue weighted by molar-refractivity contribution is 5.42. The monoisotopic (exact) mass is 269 g/mol. The second kappa shape index (κ2) is 7.00. The molecule has 0 unspecified atom stereocenters. The number of benzene rings is 1. The molecule has 20 heavy (non-hydrogen) atoms. The van der Waals surface area contributed by atoms with Gasteiger partial charge in [0.25, 0.3) is 0 Å². The average molecular weight is 269 g/mol. The number of hydrogen-bond donors (Lipinski definition) is 1. The third-order valence-electron chi connectivity index (χ3n) is 2.62. The molecular formula is C15H15N3O2. The lowest BCUT2D eigenvalue weighted by Crippen LogP contribution is -2.11. The van der Waals surface area contributed by atoms with E-state index in [0.29, 0.717) is 18.8 Å². The van der Waals surface area contributed by atoms with E-state index in [2.05, 4.69) is 10.3 Å². The van der Waals surface area contributed by atoms with Crippen LogP contribution in [0.15, 0.2) is 42.6 Å². The number of anilines is 1. The van der Waals surface area contributed by atoms with Crippen molar-refractivity contribution in [3.8, 4) is 17.6 Å². The minimum atomic E-state index is 0.406. The molecule has 2 rings (SSSR count). The first-order valence-corrected chi connectivity index (χ1v) is 6.18. The predicted octanol–water partition coefficient (Wildman–Crippen LogP) is 2.45. The number of pyridine rings is 1. The molecule has 1 N–H and O–H groups in total. The number of rotatable bonds is 6. The first kappa shape index (κ1) is 13.7. The zero-order chi connectivity index (χ0) is 14.2. The maximum atomic E-state index is 8.65. The van der Waals surface area contributed by atoms with Crippen LogP contribution in [0.4, 0.5) is 5.69 Å². The molecule has 0 fully saturated rings. The topological polar surface area (TPSA) is 67.2 Å². The van der Waals surface area contributed by atoms with Crippen molar-refractivity contribution in [1.29, 1.82) is 5.26 Å². The number of nitrogens with one attached hydrogen (secondary N) is 1. The van der Waals surface area contributed by atoms with Gasteiger partial charge in [-0.15, -0.1) is 0 Å². The number of methoxy groups -OCH3 is 1. The van der Waals surface area contributed by atoms with Crippen molar-refractivity contribution in [2.75, 3.05) is 25.6 Å². The summed E-state index contributed by atoms with van der Waals surface area (Å²) in [5.74, 6) is 1.54. The maximum Gasteiger partial charge on any atom is 0.140 e. The van der Waals surface area contributed by atoms with Crippen LogP contribution in [0.3, 0.4) is 0 Å². The molecule has 0 saturated carbocycles. The number of aromatic nitrogens is 1. The summed E-state index contributed by atoms with van der Waals surface area (Å²) < 4.78 is 10.7. The Kier molecular flexibility index (Phi) is 4.79. The summed E-state index contributed by atoms with van der Waals surface area (Å²) in [6.07, 6.45) is 1.63. The van der Waals surface area contributed by atoms with Crippen LogP contribution >= 0.6 is 0 Å². The normalized spacial score (nSPS) is 9.60. The van der Waals surface area contributed by atoms with Crippen LogP contribution in [0.1, 0.15) is 5.69 Å². The van der Waals surface area contributed by atoms with Gasteiger partial charge in [0.1, 0.15) is 29.9 Å². The first-order valence-electron chi connectivity index (χ1n) is 6.18. The summed E-state index contributed by atoms with van der Waals surface area (Å²) in [6.45, 7) is 1.16. The fourth-order valence-corrected chi connectivity index (χ4v) is 1.62. The number of nitriles is 1. The molecule has 2 aromatic rings. The minimum absolute atomic E-state index is 0.406. The van der Waals surface area contributed by atoms with Crippen LogP contribution < -0.4 is 14.8 Å². The van der Waals surface area contributed by atoms with E-state index in [0.717, 1.165) is 17.2 Å². The molecule has 1 aromatic carbocycles. The van der Waals surface area contributed by atoms with E-state index in [1.807, 2.05) is 36.4 Å². The Hall–Kier alpha value is -2.74. The van der Waals surface area contributed by atoms with Gasteiger partial charge >= 0.3 is 0 Å². The van der Waals surface area contributed by atoms with Gasteiger partial charge in [0.2, 0.25) is 0 Å². The SMILES string of the molecule is COc1cccc(OCCNc2ccc(C#N)nc2)c1. The van der Waals surface area contributed by atoms with Crippen molar-refractivity contribution in [1.82, 2.24) is 4.98 Å². The zero-order valence-corrected chi connectivity index (χ0v) is 11.2. The number of nitrogens with zero attached hydrogens (tertiary/aromatic N) is 2. The maximum absolute atomic E-state index is 8.65. The van der Waals surface area contributed by atoms with Crippen LogP contribution in [-0.2, 0) is 0 Å². The summed E-state index contributed by atoms with van der Waals surface area (Å²) in [5, 5.41) is 11.8. The molecule has 5 heteroatoms. The van der Waals surface area contributed by atoms with Crippen LogP contribution in [-0.4, -0.2) is 25.2 Å². The number of ether oxygens (including phenoxy) is 2. The second-order valence-electron chi connectivity index (χ2n) is 4.00.